The molecule has 0 radical (unpaired) electrons. The molecular formula is C12H17ClN2O2. The van der Waals surface area contributed by atoms with Crippen molar-refractivity contribution in [1.29, 1.82) is 0 Å². The Hall–Kier alpha value is -1.42. The highest BCUT2D eigenvalue weighted by Gasteiger charge is 2.16. The van der Waals surface area contributed by atoms with Gasteiger partial charge in [-0.25, -0.2) is 4.79 Å². The second-order valence-electron chi connectivity index (χ2n) is 4.68. The lowest BCUT2D eigenvalue weighted by Crippen LogP contribution is -2.32. The minimum absolute atomic E-state index is 0.290. The first-order valence-corrected chi connectivity index (χ1v) is 5.67. The highest BCUT2D eigenvalue weighted by atomic mass is 35.5. The van der Waals surface area contributed by atoms with E-state index in [4.69, 9.17) is 22.1 Å². The van der Waals surface area contributed by atoms with Gasteiger partial charge in [0.05, 0.1) is 10.7 Å². The molecule has 0 aliphatic rings. The number of benzene rings is 1. The summed E-state index contributed by atoms with van der Waals surface area (Å²) in [4.78, 5) is 11.4. The Morgan fingerprint density at radius 2 is 2.12 bits per heavy atom. The lowest BCUT2D eigenvalue weighted by atomic mass is 10.2. The van der Waals surface area contributed by atoms with E-state index in [-0.39, 0.29) is 0 Å². The molecule has 5 heteroatoms. The summed E-state index contributed by atoms with van der Waals surface area (Å²) in [5.41, 5.74) is 6.40. The molecule has 94 valence electrons. The Kier molecular flexibility index (Phi) is 4.23. The Balaban J connectivity index is 2.56. The zero-order valence-electron chi connectivity index (χ0n) is 10.2. The Morgan fingerprint density at radius 3 is 2.71 bits per heavy atom. The van der Waals surface area contributed by atoms with Gasteiger partial charge >= 0.3 is 6.09 Å². The molecule has 0 aliphatic carbocycles. The molecule has 0 saturated carbocycles. The number of carbonyl (C=O) groups excluding carboxylic acids is 1. The van der Waals surface area contributed by atoms with E-state index in [9.17, 15) is 4.79 Å². The lowest BCUT2D eigenvalue weighted by Gasteiger charge is -2.19. The molecule has 0 heterocycles. The van der Waals surface area contributed by atoms with Crippen LogP contribution < -0.4 is 11.1 Å². The van der Waals surface area contributed by atoms with Crippen molar-refractivity contribution in [3.8, 4) is 0 Å². The molecule has 4 nitrogen and oxygen atoms in total. The zero-order chi connectivity index (χ0) is 13.1. The van der Waals surface area contributed by atoms with E-state index in [2.05, 4.69) is 5.32 Å². The average molecular weight is 257 g/mol. The molecule has 0 saturated heterocycles. The summed E-state index contributed by atoms with van der Waals surface area (Å²) >= 11 is 5.99. The first-order chi connectivity index (χ1) is 7.79. The maximum absolute atomic E-state index is 11.4. The van der Waals surface area contributed by atoms with Crippen LogP contribution in [-0.2, 0) is 11.3 Å². The molecule has 3 N–H and O–H groups in total. The van der Waals surface area contributed by atoms with Crippen molar-refractivity contribution in [2.75, 3.05) is 5.73 Å². The minimum atomic E-state index is -0.510. The van der Waals surface area contributed by atoms with E-state index in [1.165, 1.54) is 0 Å². The van der Waals surface area contributed by atoms with Crippen molar-refractivity contribution in [3.05, 3.63) is 28.8 Å². The number of alkyl carbamates (subject to hydrolysis) is 1. The molecule has 0 fully saturated rings. The monoisotopic (exact) mass is 256 g/mol. The van der Waals surface area contributed by atoms with Crippen LogP contribution in [0.25, 0.3) is 0 Å². The highest BCUT2D eigenvalue weighted by molar-refractivity contribution is 6.33. The fraction of sp³-hybridized carbons (Fsp3) is 0.417. The lowest BCUT2D eigenvalue weighted by molar-refractivity contribution is 0.0523. The van der Waals surface area contributed by atoms with E-state index < -0.39 is 11.7 Å². The van der Waals surface area contributed by atoms with Crippen LogP contribution in [0.1, 0.15) is 26.3 Å². The quantitative estimate of drug-likeness (QED) is 0.800. The van der Waals surface area contributed by atoms with Gasteiger partial charge in [-0.2, -0.15) is 0 Å². The molecule has 17 heavy (non-hydrogen) atoms. The van der Waals surface area contributed by atoms with Crippen LogP contribution in [0, 0.1) is 0 Å². The predicted molar refractivity (Wildman–Crippen MR) is 68.9 cm³/mol. The predicted octanol–water partition coefficient (Wildman–Crippen LogP) is 2.95. The van der Waals surface area contributed by atoms with Crippen molar-refractivity contribution in [3.63, 3.8) is 0 Å². The number of amides is 1. The van der Waals surface area contributed by atoms with Gasteiger partial charge in [-0.1, -0.05) is 23.7 Å². The van der Waals surface area contributed by atoms with Crippen molar-refractivity contribution < 1.29 is 9.53 Å². The van der Waals surface area contributed by atoms with Gasteiger partial charge < -0.3 is 15.8 Å². The number of hydrogen-bond donors (Lipinski definition) is 2. The molecule has 0 unspecified atom stereocenters. The molecule has 0 bridgehead atoms. The van der Waals surface area contributed by atoms with Gasteiger partial charge in [0.2, 0.25) is 0 Å². The topological polar surface area (TPSA) is 64.3 Å². The van der Waals surface area contributed by atoms with Crippen LogP contribution in [0.4, 0.5) is 10.5 Å². The van der Waals surface area contributed by atoms with Gasteiger partial charge in [0.1, 0.15) is 5.60 Å². The standard InChI is InChI=1S/C12H17ClN2O2/c1-12(2,3)17-11(16)15-7-8-5-4-6-9(14)10(8)13/h4-6H,7,14H2,1-3H3,(H,15,16). The molecule has 0 aromatic heterocycles. The first kappa shape index (κ1) is 13.6. The normalized spacial score (nSPS) is 11.1. The van der Waals surface area contributed by atoms with Crippen LogP contribution in [0.5, 0.6) is 0 Å². The number of anilines is 1. The number of ether oxygens (including phenoxy) is 1. The van der Waals surface area contributed by atoms with Gasteiger partial charge in [-0.3, -0.25) is 0 Å². The van der Waals surface area contributed by atoms with E-state index in [1.807, 2.05) is 0 Å². The van der Waals surface area contributed by atoms with Gasteiger partial charge in [-0.15, -0.1) is 0 Å². The maximum atomic E-state index is 11.4. The average Bonchev–Trinajstić information content (AvgIpc) is 2.18. The number of hydrogen-bond acceptors (Lipinski definition) is 3. The molecule has 1 aromatic rings. The molecule has 1 rings (SSSR count). The number of carbonyl (C=O) groups is 1. The SMILES string of the molecule is CC(C)(C)OC(=O)NCc1cccc(N)c1Cl. The molecule has 1 amide bonds. The summed E-state index contributed by atoms with van der Waals surface area (Å²) in [6.45, 7) is 5.71. The minimum Gasteiger partial charge on any atom is -0.444 e. The van der Waals surface area contributed by atoms with Gasteiger partial charge in [0.15, 0.2) is 0 Å². The summed E-state index contributed by atoms with van der Waals surface area (Å²) < 4.78 is 5.11. The number of rotatable bonds is 2. The number of nitrogens with one attached hydrogen (secondary N) is 1. The molecule has 0 atom stereocenters. The summed E-state index contributed by atoms with van der Waals surface area (Å²) in [7, 11) is 0. The van der Waals surface area contributed by atoms with Crippen molar-refractivity contribution in [2.45, 2.75) is 32.9 Å². The van der Waals surface area contributed by atoms with E-state index in [1.54, 1.807) is 39.0 Å². The molecule has 1 aromatic carbocycles. The molecule has 0 spiro atoms. The number of nitrogen functional groups attached to an aromatic ring is 1. The fourth-order valence-electron chi connectivity index (χ4n) is 1.22. The summed E-state index contributed by atoms with van der Waals surface area (Å²) in [5.74, 6) is 0. The Labute approximate surface area is 106 Å². The van der Waals surface area contributed by atoms with Crippen molar-refractivity contribution in [1.82, 2.24) is 5.32 Å². The van der Waals surface area contributed by atoms with Crippen LogP contribution >= 0.6 is 11.6 Å². The van der Waals surface area contributed by atoms with Crippen molar-refractivity contribution >= 4 is 23.4 Å². The Morgan fingerprint density at radius 1 is 1.47 bits per heavy atom. The van der Waals surface area contributed by atoms with Gasteiger partial charge in [0, 0.05) is 6.54 Å². The van der Waals surface area contributed by atoms with E-state index in [0.717, 1.165) is 5.56 Å². The van der Waals surface area contributed by atoms with Gasteiger partial charge in [-0.05, 0) is 32.4 Å². The summed E-state index contributed by atoms with van der Waals surface area (Å²) in [6, 6.07) is 5.29. The smallest absolute Gasteiger partial charge is 0.407 e. The van der Waals surface area contributed by atoms with Crippen LogP contribution in [0.3, 0.4) is 0 Å². The van der Waals surface area contributed by atoms with Crippen LogP contribution in [-0.4, -0.2) is 11.7 Å². The first-order valence-electron chi connectivity index (χ1n) is 5.29. The zero-order valence-corrected chi connectivity index (χ0v) is 11.0. The van der Waals surface area contributed by atoms with Crippen molar-refractivity contribution in [2.24, 2.45) is 0 Å². The summed E-state index contributed by atoms with van der Waals surface area (Å²) in [5, 5.41) is 3.08. The Bertz CT molecular complexity index is 413. The number of nitrogens with two attached hydrogens (primary N) is 1. The molecule has 0 aliphatic heterocycles. The highest BCUT2D eigenvalue weighted by Crippen LogP contribution is 2.22. The van der Waals surface area contributed by atoms with E-state index in [0.29, 0.717) is 17.3 Å². The third-order valence-electron chi connectivity index (χ3n) is 1.93. The number of halogens is 1. The third kappa shape index (κ3) is 4.53. The van der Waals surface area contributed by atoms with E-state index >= 15 is 0 Å². The maximum Gasteiger partial charge on any atom is 0.407 e. The second-order valence-corrected chi connectivity index (χ2v) is 5.05. The largest absolute Gasteiger partial charge is 0.444 e. The van der Waals surface area contributed by atoms with Crippen LogP contribution in [0.2, 0.25) is 5.02 Å². The fourth-order valence-corrected chi connectivity index (χ4v) is 1.41. The second kappa shape index (κ2) is 5.27. The molecular weight excluding hydrogens is 240 g/mol. The summed E-state index contributed by atoms with van der Waals surface area (Å²) in [6.07, 6.45) is -0.476. The third-order valence-corrected chi connectivity index (χ3v) is 2.39. The van der Waals surface area contributed by atoms with Crippen LogP contribution in [0.15, 0.2) is 18.2 Å². The van der Waals surface area contributed by atoms with Gasteiger partial charge in [0.25, 0.3) is 0 Å².